The van der Waals surface area contributed by atoms with E-state index in [1.165, 1.54) is 38.2 Å². The second-order valence-corrected chi connectivity index (χ2v) is 15.2. The lowest BCUT2D eigenvalue weighted by Crippen LogP contribution is -2.52. The van der Waals surface area contributed by atoms with E-state index in [4.69, 9.17) is 25.8 Å². The number of alkyl carbamates (subject to hydrolysis) is 1. The summed E-state index contributed by atoms with van der Waals surface area (Å²) in [5.41, 5.74) is 1.30. The zero-order valence-corrected chi connectivity index (χ0v) is 27.4. The highest BCUT2D eigenvalue weighted by Gasteiger charge is 2.45. The molecular weight excluding hydrogens is 618 g/mol. The summed E-state index contributed by atoms with van der Waals surface area (Å²) in [5, 5.41) is 3.68. The average Bonchev–Trinajstić information content (AvgIpc) is 3.13. The molecule has 4 aliphatic rings. The van der Waals surface area contributed by atoms with Crippen molar-refractivity contribution in [3.63, 3.8) is 0 Å². The first-order valence-electron chi connectivity index (χ1n) is 15.4. The number of nitrogens with zero attached hydrogens (tertiary/aromatic N) is 1. The van der Waals surface area contributed by atoms with Gasteiger partial charge in [0.15, 0.2) is 0 Å². The Hall–Kier alpha value is -3.28. The van der Waals surface area contributed by atoms with Crippen LogP contribution in [0.1, 0.15) is 50.7 Å². The Labute approximate surface area is 269 Å². The third kappa shape index (κ3) is 6.26. The summed E-state index contributed by atoms with van der Waals surface area (Å²) in [5.74, 6) is 0.101. The maximum absolute atomic E-state index is 13.5. The van der Waals surface area contributed by atoms with Gasteiger partial charge in [-0.15, -0.1) is 0 Å². The molecule has 1 fully saturated rings. The maximum atomic E-state index is 13.5. The fourth-order valence-electron chi connectivity index (χ4n) is 7.16. The molecule has 2 aromatic carbocycles. The van der Waals surface area contributed by atoms with Crippen molar-refractivity contribution in [1.82, 2.24) is 10.0 Å². The van der Waals surface area contributed by atoms with E-state index in [0.717, 1.165) is 32.1 Å². The summed E-state index contributed by atoms with van der Waals surface area (Å²) in [6.07, 6.45) is 7.78. The van der Waals surface area contributed by atoms with Crippen molar-refractivity contribution in [2.75, 3.05) is 38.3 Å². The molecule has 0 unspecified atom stereocenters. The van der Waals surface area contributed by atoms with Gasteiger partial charge in [0.1, 0.15) is 11.4 Å². The van der Waals surface area contributed by atoms with Crippen LogP contribution in [0.4, 0.5) is 10.5 Å². The highest BCUT2D eigenvalue weighted by Crippen LogP contribution is 2.47. The number of sulfonamides is 1. The lowest BCUT2D eigenvalue weighted by Gasteiger charge is -2.46. The predicted molar refractivity (Wildman–Crippen MR) is 170 cm³/mol. The first-order valence-corrected chi connectivity index (χ1v) is 17.3. The minimum Gasteiger partial charge on any atom is -0.490 e. The molecule has 4 atom stereocenters. The number of fused-ring (bicyclic) bond motifs is 4. The summed E-state index contributed by atoms with van der Waals surface area (Å²) in [6, 6.07) is 10.5. The first kappa shape index (κ1) is 31.7. The Kier molecular flexibility index (Phi) is 8.56. The first-order chi connectivity index (χ1) is 21.4. The molecule has 2 N–H and O–H groups in total. The number of aryl methyl sites for hydroxylation is 1. The molecule has 2 aliphatic carbocycles. The Bertz CT molecular complexity index is 1630. The molecule has 45 heavy (non-hydrogen) atoms. The van der Waals surface area contributed by atoms with Crippen molar-refractivity contribution < 1.29 is 32.2 Å². The molecule has 242 valence electrons. The van der Waals surface area contributed by atoms with E-state index in [0.29, 0.717) is 36.2 Å². The molecule has 1 saturated carbocycles. The number of nitrogens with one attached hydrogen (secondary N) is 2. The van der Waals surface area contributed by atoms with Gasteiger partial charge in [-0.2, -0.15) is 0 Å². The van der Waals surface area contributed by atoms with Crippen LogP contribution in [0.2, 0.25) is 5.02 Å². The van der Waals surface area contributed by atoms with Crippen molar-refractivity contribution >= 4 is 39.3 Å². The third-order valence-corrected chi connectivity index (χ3v) is 11.4. The molecule has 2 amide bonds. The largest absolute Gasteiger partial charge is 0.490 e. The molecule has 6 rings (SSSR count). The number of halogens is 1. The number of ether oxygens (including phenoxy) is 3. The van der Waals surface area contributed by atoms with Crippen molar-refractivity contribution in [3.05, 3.63) is 64.7 Å². The fourth-order valence-corrected chi connectivity index (χ4v) is 8.48. The van der Waals surface area contributed by atoms with Gasteiger partial charge in [-0.05, 0) is 99.2 Å². The molecule has 2 heterocycles. The van der Waals surface area contributed by atoms with Crippen molar-refractivity contribution in [2.24, 2.45) is 11.8 Å². The van der Waals surface area contributed by atoms with Crippen LogP contribution in [0.15, 0.2) is 53.4 Å². The van der Waals surface area contributed by atoms with E-state index < -0.39 is 27.6 Å². The van der Waals surface area contributed by atoms with Gasteiger partial charge in [-0.1, -0.05) is 29.8 Å². The Morgan fingerprint density at radius 1 is 1.18 bits per heavy atom. The van der Waals surface area contributed by atoms with Crippen LogP contribution >= 0.6 is 11.6 Å². The normalized spacial score (nSPS) is 28.8. The number of carbonyl (C=O) groups is 2. The zero-order chi connectivity index (χ0) is 32.0. The van der Waals surface area contributed by atoms with Gasteiger partial charge in [0.25, 0.3) is 15.9 Å². The SMILES string of the molecule is COC(=O)N[C@H]1C=CCOC(C)(C)C(=O)NS(=O)(=O)c2ccc3c(c2)N(C[C@@H]2CC[C@H]21)C[C@@]1(CCCc2cc(Cl)ccc21)CO3. The molecular formula is C33H40ClN3O7S. The van der Waals surface area contributed by atoms with E-state index in [-0.39, 0.29) is 34.8 Å². The van der Waals surface area contributed by atoms with E-state index in [1.54, 1.807) is 18.2 Å². The van der Waals surface area contributed by atoms with E-state index in [1.807, 2.05) is 18.2 Å². The van der Waals surface area contributed by atoms with Gasteiger partial charge >= 0.3 is 6.09 Å². The Balaban J connectivity index is 1.44. The summed E-state index contributed by atoms with van der Waals surface area (Å²) in [7, 11) is -2.88. The predicted octanol–water partition coefficient (Wildman–Crippen LogP) is 4.73. The third-order valence-electron chi connectivity index (χ3n) is 9.84. The second kappa shape index (κ2) is 12.1. The van der Waals surface area contributed by atoms with E-state index >= 15 is 0 Å². The van der Waals surface area contributed by atoms with Crippen molar-refractivity contribution in [2.45, 2.75) is 67.9 Å². The van der Waals surface area contributed by atoms with Crippen LogP contribution in [-0.2, 0) is 36.1 Å². The number of rotatable bonds is 1. The van der Waals surface area contributed by atoms with Gasteiger partial charge in [0.2, 0.25) is 0 Å². The molecule has 1 spiro atoms. The number of hydrogen-bond acceptors (Lipinski definition) is 8. The van der Waals surface area contributed by atoms with Crippen LogP contribution in [-0.4, -0.2) is 65.5 Å². The summed E-state index contributed by atoms with van der Waals surface area (Å²) < 4.78 is 46.5. The highest BCUT2D eigenvalue weighted by molar-refractivity contribution is 7.90. The Morgan fingerprint density at radius 3 is 2.76 bits per heavy atom. The highest BCUT2D eigenvalue weighted by atomic mass is 35.5. The van der Waals surface area contributed by atoms with Gasteiger partial charge in [-0.25, -0.2) is 17.9 Å². The number of anilines is 1. The van der Waals surface area contributed by atoms with Gasteiger partial charge in [-0.3, -0.25) is 4.79 Å². The second-order valence-electron chi connectivity index (χ2n) is 13.1. The fraction of sp³-hybridized carbons (Fsp3) is 0.515. The molecule has 12 heteroatoms. The van der Waals surface area contributed by atoms with E-state index in [9.17, 15) is 18.0 Å². The number of amides is 2. The van der Waals surface area contributed by atoms with Crippen LogP contribution in [0, 0.1) is 11.8 Å². The molecule has 2 bridgehead atoms. The molecule has 2 aromatic rings. The average molecular weight is 658 g/mol. The van der Waals surface area contributed by atoms with Gasteiger partial charge < -0.3 is 24.4 Å². The van der Waals surface area contributed by atoms with Crippen LogP contribution in [0.25, 0.3) is 0 Å². The lowest BCUT2D eigenvalue weighted by molar-refractivity contribution is -0.139. The topological polar surface area (TPSA) is 123 Å². The quantitative estimate of drug-likeness (QED) is 0.422. The summed E-state index contributed by atoms with van der Waals surface area (Å²) >= 11 is 6.40. The Morgan fingerprint density at radius 2 is 2.00 bits per heavy atom. The zero-order valence-electron chi connectivity index (χ0n) is 25.8. The van der Waals surface area contributed by atoms with E-state index in [2.05, 4.69) is 21.0 Å². The number of carbonyl (C=O) groups excluding carboxylic acids is 2. The molecule has 0 saturated heterocycles. The van der Waals surface area contributed by atoms with Crippen LogP contribution in [0.3, 0.4) is 0 Å². The summed E-state index contributed by atoms with van der Waals surface area (Å²) in [6.45, 7) is 4.75. The standard InChI is InChI=1S/C33H40ClN3O7S/c1-32(2)30(38)36-45(40,41)24-10-13-29-28(17-24)37(18-22-8-11-25(22)27(7-5-15-44-32)35-31(39)42-3)19-33(20-43-29)14-4-6-21-16-23(34)9-12-26(21)33/h5,7,9-10,12-13,16-17,22,25,27H,4,6,8,11,14-15,18-20H2,1-3H3,(H,35,39)(H,36,38)/t22-,25+,27-,33-/m0/s1. The summed E-state index contributed by atoms with van der Waals surface area (Å²) in [4.78, 5) is 27.7. The number of methoxy groups -OCH3 is 1. The maximum Gasteiger partial charge on any atom is 0.407 e. The van der Waals surface area contributed by atoms with Crippen LogP contribution < -0.4 is 19.7 Å². The molecule has 10 nitrogen and oxygen atoms in total. The van der Waals surface area contributed by atoms with Crippen LogP contribution in [0.5, 0.6) is 5.75 Å². The number of hydrogen-bond donors (Lipinski definition) is 2. The molecule has 0 radical (unpaired) electrons. The van der Waals surface area contributed by atoms with Gasteiger partial charge in [0.05, 0.1) is 36.9 Å². The molecule has 2 aliphatic heterocycles. The van der Waals surface area contributed by atoms with Gasteiger partial charge in [0, 0.05) is 23.5 Å². The smallest absolute Gasteiger partial charge is 0.407 e. The van der Waals surface area contributed by atoms with Crippen molar-refractivity contribution in [1.29, 1.82) is 0 Å². The monoisotopic (exact) mass is 657 g/mol. The minimum absolute atomic E-state index is 0.0341. The van der Waals surface area contributed by atoms with Crippen molar-refractivity contribution in [3.8, 4) is 5.75 Å². The molecule has 0 aromatic heterocycles. The number of benzene rings is 2. The lowest BCUT2D eigenvalue weighted by atomic mass is 9.68. The minimum atomic E-state index is -4.22.